The van der Waals surface area contributed by atoms with Gasteiger partial charge in [-0.3, -0.25) is 0 Å². The first kappa shape index (κ1) is 28.8. The van der Waals surface area contributed by atoms with Gasteiger partial charge in [0.15, 0.2) is 11.5 Å². The minimum absolute atomic E-state index is 0.0147. The van der Waals surface area contributed by atoms with Gasteiger partial charge < -0.3 is 23.9 Å². The molecule has 0 spiro atoms. The van der Waals surface area contributed by atoms with Crippen molar-refractivity contribution in [3.8, 4) is 11.7 Å². The molecule has 1 aromatic carbocycles. The lowest BCUT2D eigenvalue weighted by Crippen LogP contribution is -2.45. The van der Waals surface area contributed by atoms with Crippen LogP contribution in [0.3, 0.4) is 0 Å². The fourth-order valence-corrected chi connectivity index (χ4v) is 7.22. The van der Waals surface area contributed by atoms with Crippen LogP contribution in [0.2, 0.25) is 0 Å². The minimum atomic E-state index is -0.643. The number of aromatic nitrogens is 6. The number of aromatic amines is 1. The summed E-state index contributed by atoms with van der Waals surface area (Å²) in [5.41, 5.74) is 2.63. The molecule has 2 N–H and O–H groups in total. The van der Waals surface area contributed by atoms with Crippen LogP contribution in [0.25, 0.3) is 22.9 Å². The number of H-pyrrole nitrogens is 1. The molecule has 0 amide bonds. The number of nitrogens with one attached hydrogen (secondary N) is 2. The molecule has 11 nitrogen and oxygen atoms in total. The third-order valence-electron chi connectivity index (χ3n) is 9.99. The van der Waals surface area contributed by atoms with E-state index >= 15 is 0 Å². The van der Waals surface area contributed by atoms with Gasteiger partial charge in [0.25, 0.3) is 5.89 Å². The lowest BCUT2D eigenvalue weighted by molar-refractivity contribution is 0.0221. The maximum absolute atomic E-state index is 11.9. The molecule has 1 unspecified atom stereocenters. The molecule has 4 aromatic rings. The van der Waals surface area contributed by atoms with Crippen molar-refractivity contribution in [1.29, 1.82) is 0 Å². The Kier molecular flexibility index (Phi) is 7.97. The van der Waals surface area contributed by atoms with Gasteiger partial charge in [-0.25, -0.2) is 19.9 Å². The van der Waals surface area contributed by atoms with Crippen molar-refractivity contribution in [2.24, 2.45) is 17.8 Å². The van der Waals surface area contributed by atoms with Crippen LogP contribution in [0.5, 0.6) is 0 Å². The van der Waals surface area contributed by atoms with Gasteiger partial charge >= 0.3 is 5.76 Å². The molecule has 1 aliphatic heterocycles. The Morgan fingerprint density at radius 2 is 1.91 bits per heavy atom. The van der Waals surface area contributed by atoms with E-state index in [1.165, 1.54) is 24.8 Å². The minimum Gasteiger partial charge on any atom is -0.384 e. The first-order valence-corrected chi connectivity index (χ1v) is 16.1. The number of allylic oxidation sites excluding steroid dienone is 1. The van der Waals surface area contributed by atoms with Crippen LogP contribution in [-0.4, -0.2) is 55.0 Å². The highest BCUT2D eigenvalue weighted by Crippen LogP contribution is 2.40. The maximum Gasteiger partial charge on any atom is 0.434 e. The number of anilines is 2. The Hall–Kier alpha value is -3.99. The smallest absolute Gasteiger partial charge is 0.384 e. The van der Waals surface area contributed by atoms with E-state index in [9.17, 15) is 4.79 Å². The first-order chi connectivity index (χ1) is 21.5. The van der Waals surface area contributed by atoms with Crippen LogP contribution < -0.4 is 16.0 Å². The molecular formula is C33H42N8O3. The zero-order valence-electron chi connectivity index (χ0n) is 25.6. The Bertz CT molecular complexity index is 1650. The number of morpholine rings is 1. The van der Waals surface area contributed by atoms with E-state index in [0.717, 1.165) is 43.7 Å². The molecular weight excluding hydrogens is 556 g/mol. The lowest BCUT2D eigenvalue weighted by atomic mass is 9.80. The number of imidazole rings is 1. The van der Waals surface area contributed by atoms with Crippen molar-refractivity contribution < 1.29 is 9.15 Å². The molecule has 3 aromatic heterocycles. The van der Waals surface area contributed by atoms with E-state index in [4.69, 9.17) is 24.1 Å². The molecule has 232 valence electrons. The Labute approximate surface area is 257 Å². The molecule has 4 heterocycles. The summed E-state index contributed by atoms with van der Waals surface area (Å²) in [6.45, 7) is 10.5. The fraction of sp³-hybridized carbons (Fsp3) is 0.545. The molecule has 44 heavy (non-hydrogen) atoms. The number of nitrogens with zero attached hydrogens (tertiary/aromatic N) is 6. The number of ether oxygens (including phenoxy) is 1. The third-order valence-corrected chi connectivity index (χ3v) is 9.99. The second-order valence-electron chi connectivity index (χ2n) is 12.8. The first-order valence-electron chi connectivity index (χ1n) is 16.1. The van der Waals surface area contributed by atoms with E-state index in [1.54, 1.807) is 0 Å². The third kappa shape index (κ3) is 5.53. The molecule has 2 aliphatic carbocycles. The lowest BCUT2D eigenvalue weighted by Gasteiger charge is -2.41. The molecule has 0 radical (unpaired) electrons. The highest BCUT2D eigenvalue weighted by atomic mass is 16.5. The number of hydrogen-bond donors (Lipinski definition) is 2. The predicted molar refractivity (Wildman–Crippen MR) is 169 cm³/mol. The quantitative estimate of drug-likeness (QED) is 0.232. The number of rotatable bonds is 9. The van der Waals surface area contributed by atoms with Gasteiger partial charge in [-0.2, -0.15) is 4.98 Å². The number of benzene rings is 1. The largest absolute Gasteiger partial charge is 0.434 e. The summed E-state index contributed by atoms with van der Waals surface area (Å²) in [5.74, 6) is 2.87. The normalized spacial score (nSPS) is 25.1. The van der Waals surface area contributed by atoms with Gasteiger partial charge in [-0.05, 0) is 75.7 Å². The summed E-state index contributed by atoms with van der Waals surface area (Å²) in [5, 5.41) is 10.1. The Balaban J connectivity index is 1.38. The topological polar surface area (TPSA) is 127 Å². The van der Waals surface area contributed by atoms with Gasteiger partial charge in [0.05, 0.1) is 18.8 Å². The van der Waals surface area contributed by atoms with Crippen molar-refractivity contribution in [1.82, 2.24) is 29.7 Å². The second-order valence-corrected chi connectivity index (χ2v) is 12.8. The van der Waals surface area contributed by atoms with Crippen molar-refractivity contribution in [2.45, 2.75) is 83.5 Å². The molecule has 3 fully saturated rings. The summed E-state index contributed by atoms with van der Waals surface area (Å²) < 4.78 is 13.9. The highest BCUT2D eigenvalue weighted by Gasteiger charge is 2.36. The summed E-state index contributed by atoms with van der Waals surface area (Å²) in [7, 11) is 0. The number of fused-ring (bicyclic) bond motifs is 1. The molecule has 11 heteroatoms. The van der Waals surface area contributed by atoms with E-state index in [-0.39, 0.29) is 29.9 Å². The van der Waals surface area contributed by atoms with Crippen LogP contribution in [0, 0.1) is 17.8 Å². The van der Waals surface area contributed by atoms with Gasteiger partial charge in [0.2, 0.25) is 11.8 Å². The fourth-order valence-electron chi connectivity index (χ4n) is 7.22. The van der Waals surface area contributed by atoms with Crippen molar-refractivity contribution >= 4 is 22.9 Å². The highest BCUT2D eigenvalue weighted by molar-refractivity contribution is 5.87. The molecule has 0 bridgehead atoms. The summed E-state index contributed by atoms with van der Waals surface area (Å²) in [6.07, 6.45) is 10.3. The summed E-state index contributed by atoms with van der Waals surface area (Å²) in [6, 6.07) is 10.7. The van der Waals surface area contributed by atoms with Crippen molar-refractivity contribution in [2.75, 3.05) is 23.4 Å². The zero-order valence-corrected chi connectivity index (χ0v) is 25.6. The predicted octanol–water partition coefficient (Wildman–Crippen LogP) is 5.73. The zero-order chi connectivity index (χ0) is 30.2. The molecule has 7 rings (SSSR count). The van der Waals surface area contributed by atoms with Gasteiger partial charge in [-0.1, -0.05) is 42.8 Å². The van der Waals surface area contributed by atoms with Crippen LogP contribution in [0.1, 0.15) is 70.4 Å². The second kappa shape index (κ2) is 12.2. The van der Waals surface area contributed by atoms with Crippen LogP contribution in [0.4, 0.5) is 11.8 Å². The standard InChI is InChI=1S/C33H42N8O3/c1-4-22-13-15-23(16-14-22)19-41-27-28(34-20(2)24-11-8-12-24)35-30(31-38-39-33(42)44-31)36-29(27)37-32(41)40-17-18-43-21(3)26(40)25-9-6-5-7-10-25/h4-7,9-10,20-24,26H,1,8,11-19H2,2-3H3,(H,39,42)(H,34,35,36)/t20-,21-,22?,23?,26?/m1/s1. The average molecular weight is 599 g/mol. The van der Waals surface area contributed by atoms with Gasteiger partial charge in [0, 0.05) is 19.1 Å². The molecule has 3 aliphatic rings. The van der Waals surface area contributed by atoms with Gasteiger partial charge in [0.1, 0.15) is 5.52 Å². The monoisotopic (exact) mass is 598 g/mol. The molecule has 1 saturated heterocycles. The van der Waals surface area contributed by atoms with Crippen molar-refractivity contribution in [3.63, 3.8) is 0 Å². The van der Waals surface area contributed by atoms with E-state index in [1.807, 2.05) is 6.07 Å². The van der Waals surface area contributed by atoms with E-state index < -0.39 is 5.76 Å². The van der Waals surface area contributed by atoms with Crippen LogP contribution in [0.15, 0.2) is 52.2 Å². The van der Waals surface area contributed by atoms with Crippen LogP contribution in [-0.2, 0) is 11.3 Å². The SMILES string of the molecule is C=CC1CCC(Cn2c(N3CCO[C@H](C)C3c3ccccc3)nc3nc(-c4n[nH]c(=O)o4)nc(N[C@H](C)C4CCC4)c32)CC1. The molecule has 3 atom stereocenters. The van der Waals surface area contributed by atoms with E-state index in [2.05, 4.69) is 75.7 Å². The van der Waals surface area contributed by atoms with Gasteiger partial charge in [-0.15, -0.1) is 11.7 Å². The summed E-state index contributed by atoms with van der Waals surface area (Å²) >= 11 is 0. The van der Waals surface area contributed by atoms with Crippen LogP contribution >= 0.6 is 0 Å². The molecule has 2 saturated carbocycles. The maximum atomic E-state index is 11.9. The number of hydrogen-bond acceptors (Lipinski definition) is 9. The Morgan fingerprint density at radius 1 is 1.11 bits per heavy atom. The summed E-state index contributed by atoms with van der Waals surface area (Å²) in [4.78, 5) is 29.3. The van der Waals surface area contributed by atoms with Crippen molar-refractivity contribution in [3.05, 3.63) is 59.1 Å². The Morgan fingerprint density at radius 3 is 2.59 bits per heavy atom. The van der Waals surface area contributed by atoms with E-state index in [0.29, 0.717) is 42.4 Å². The average Bonchev–Trinajstić information content (AvgIpc) is 3.60.